The van der Waals surface area contributed by atoms with E-state index >= 15 is 0 Å². The van der Waals surface area contributed by atoms with E-state index in [4.69, 9.17) is 0 Å². The van der Waals surface area contributed by atoms with Crippen LogP contribution in [0.15, 0.2) is 48.8 Å². The molecule has 2 heterocycles. The number of hydrogen-bond acceptors (Lipinski definition) is 2. The summed E-state index contributed by atoms with van der Waals surface area (Å²) in [4.78, 5) is 17.3. The summed E-state index contributed by atoms with van der Waals surface area (Å²) >= 11 is 0. The van der Waals surface area contributed by atoms with Crippen LogP contribution in [0.4, 0.5) is 10.5 Å². The first-order chi connectivity index (χ1) is 13.9. The number of pyridine rings is 1. The lowest BCUT2D eigenvalue weighted by Gasteiger charge is -2.22. The van der Waals surface area contributed by atoms with Crippen molar-refractivity contribution >= 4 is 22.8 Å². The average Bonchev–Trinajstić information content (AvgIpc) is 3.12. The molecule has 29 heavy (non-hydrogen) atoms. The number of nitrogens with one attached hydrogen (secondary N) is 2. The molecule has 5 heteroatoms. The van der Waals surface area contributed by atoms with Crippen LogP contribution in [-0.4, -0.2) is 22.1 Å². The summed E-state index contributed by atoms with van der Waals surface area (Å²) in [6.07, 6.45) is 4.76. The normalized spacial score (nSPS) is 12.5. The Morgan fingerprint density at radius 1 is 1.03 bits per heavy atom. The molecule has 2 amide bonds. The number of urea groups is 1. The third kappa shape index (κ3) is 4.61. The van der Waals surface area contributed by atoms with E-state index in [1.807, 2.05) is 12.3 Å². The van der Waals surface area contributed by atoms with Gasteiger partial charge in [-0.25, -0.2) is 9.78 Å². The van der Waals surface area contributed by atoms with Gasteiger partial charge in [-0.05, 0) is 47.6 Å². The Morgan fingerprint density at radius 2 is 1.72 bits per heavy atom. The van der Waals surface area contributed by atoms with Crippen molar-refractivity contribution in [2.24, 2.45) is 0 Å². The van der Waals surface area contributed by atoms with E-state index in [0.29, 0.717) is 18.4 Å². The number of para-hydroxylation sites is 1. The predicted molar refractivity (Wildman–Crippen MR) is 121 cm³/mol. The smallest absolute Gasteiger partial charge is 0.319 e. The molecular weight excluding hydrogens is 360 g/mol. The van der Waals surface area contributed by atoms with Crippen LogP contribution < -0.4 is 10.6 Å². The molecule has 3 rings (SSSR count). The van der Waals surface area contributed by atoms with E-state index in [0.717, 1.165) is 23.1 Å². The largest absolute Gasteiger partial charge is 0.336 e. The number of anilines is 1. The number of hydrogen-bond donors (Lipinski definition) is 2. The molecular formula is C24H32N4O. The summed E-state index contributed by atoms with van der Waals surface area (Å²) in [7, 11) is 0. The molecule has 0 aliphatic heterocycles. The lowest BCUT2D eigenvalue weighted by atomic mass is 9.93. The van der Waals surface area contributed by atoms with Crippen molar-refractivity contribution in [3.8, 4) is 0 Å². The maximum atomic E-state index is 12.8. The van der Waals surface area contributed by atoms with Crippen LogP contribution in [0, 0.1) is 0 Å². The number of rotatable bonds is 7. The third-order valence-electron chi connectivity index (χ3n) is 5.45. The van der Waals surface area contributed by atoms with Gasteiger partial charge in [-0.2, -0.15) is 0 Å². The minimum absolute atomic E-state index is 0.151. The summed E-state index contributed by atoms with van der Waals surface area (Å²) in [6.45, 7) is 11.3. The lowest BCUT2D eigenvalue weighted by Crippen LogP contribution is -2.34. The van der Waals surface area contributed by atoms with E-state index in [1.165, 1.54) is 11.1 Å². The Morgan fingerprint density at radius 3 is 2.34 bits per heavy atom. The molecule has 0 saturated carbocycles. The average molecular weight is 393 g/mol. The van der Waals surface area contributed by atoms with E-state index in [1.54, 1.807) is 0 Å². The van der Waals surface area contributed by atoms with Crippen LogP contribution in [0.5, 0.6) is 0 Å². The topological polar surface area (TPSA) is 59.0 Å². The van der Waals surface area contributed by atoms with E-state index < -0.39 is 0 Å². The number of amides is 2. The zero-order valence-corrected chi connectivity index (χ0v) is 18.1. The fraction of sp³-hybridized carbons (Fsp3) is 0.417. The molecule has 0 spiro atoms. The van der Waals surface area contributed by atoms with Gasteiger partial charge in [0.1, 0.15) is 5.65 Å². The Kier molecular flexibility index (Phi) is 6.57. The fourth-order valence-electron chi connectivity index (χ4n) is 3.78. The minimum atomic E-state index is -0.164. The molecule has 154 valence electrons. The van der Waals surface area contributed by atoms with Gasteiger partial charge in [0.05, 0.1) is 6.04 Å². The highest BCUT2D eigenvalue weighted by Crippen LogP contribution is 2.32. The number of aromatic nitrogens is 2. The van der Waals surface area contributed by atoms with Gasteiger partial charge in [0.15, 0.2) is 0 Å². The van der Waals surface area contributed by atoms with Gasteiger partial charge >= 0.3 is 6.03 Å². The summed E-state index contributed by atoms with van der Waals surface area (Å²) in [5.74, 6) is 0.675. The summed E-state index contributed by atoms with van der Waals surface area (Å²) in [6, 6.07) is 12.3. The van der Waals surface area contributed by atoms with E-state index in [2.05, 4.69) is 91.3 Å². The summed E-state index contributed by atoms with van der Waals surface area (Å²) in [5, 5.41) is 7.31. The molecule has 2 aromatic heterocycles. The van der Waals surface area contributed by atoms with Crippen LogP contribution in [0.2, 0.25) is 0 Å². The van der Waals surface area contributed by atoms with Crippen molar-refractivity contribution in [1.29, 1.82) is 0 Å². The fourth-order valence-corrected chi connectivity index (χ4v) is 3.78. The molecule has 0 saturated heterocycles. The van der Waals surface area contributed by atoms with Crippen molar-refractivity contribution in [2.75, 3.05) is 11.9 Å². The first-order valence-electron chi connectivity index (χ1n) is 10.5. The monoisotopic (exact) mass is 392 g/mol. The molecule has 5 nitrogen and oxygen atoms in total. The van der Waals surface area contributed by atoms with Crippen LogP contribution in [0.25, 0.3) is 11.0 Å². The highest BCUT2D eigenvalue weighted by molar-refractivity contribution is 5.91. The molecule has 0 radical (unpaired) electrons. The Hall–Kier alpha value is -2.82. The van der Waals surface area contributed by atoms with Crippen molar-refractivity contribution in [3.63, 3.8) is 0 Å². The summed E-state index contributed by atoms with van der Waals surface area (Å²) in [5.41, 5.74) is 4.22. The number of benzene rings is 1. The second kappa shape index (κ2) is 9.12. The number of nitrogens with zero attached hydrogens (tertiary/aromatic N) is 2. The second-order valence-electron chi connectivity index (χ2n) is 8.16. The molecule has 1 atom stereocenters. The van der Waals surface area contributed by atoms with Crippen molar-refractivity contribution < 1.29 is 4.79 Å². The highest BCUT2D eigenvalue weighted by Gasteiger charge is 2.17. The SMILES string of the molecule is CCC(CNC(=O)Nc1c(C(C)C)cccc1C(C)C)n1ccc2cccnc21. The van der Waals surface area contributed by atoms with Gasteiger partial charge in [-0.3, -0.25) is 0 Å². The van der Waals surface area contributed by atoms with Crippen LogP contribution >= 0.6 is 0 Å². The molecule has 0 aliphatic carbocycles. The van der Waals surface area contributed by atoms with Gasteiger partial charge in [0.25, 0.3) is 0 Å². The first kappa shape index (κ1) is 20.9. The zero-order valence-electron chi connectivity index (χ0n) is 18.1. The van der Waals surface area contributed by atoms with Crippen LogP contribution in [0.3, 0.4) is 0 Å². The number of carbonyl (C=O) groups excluding carboxylic acids is 1. The molecule has 0 aliphatic rings. The maximum absolute atomic E-state index is 12.8. The van der Waals surface area contributed by atoms with Gasteiger partial charge in [-0.1, -0.05) is 52.8 Å². The molecule has 0 bridgehead atoms. The van der Waals surface area contributed by atoms with Crippen molar-refractivity contribution in [2.45, 2.75) is 58.9 Å². The molecule has 1 unspecified atom stereocenters. The molecule has 3 aromatic rings. The minimum Gasteiger partial charge on any atom is -0.336 e. The maximum Gasteiger partial charge on any atom is 0.319 e. The zero-order chi connectivity index (χ0) is 21.0. The third-order valence-corrected chi connectivity index (χ3v) is 5.45. The number of fused-ring (bicyclic) bond motifs is 1. The van der Waals surface area contributed by atoms with E-state index in [9.17, 15) is 4.79 Å². The van der Waals surface area contributed by atoms with Gasteiger partial charge in [-0.15, -0.1) is 0 Å². The molecule has 2 N–H and O–H groups in total. The Balaban J connectivity index is 1.74. The van der Waals surface area contributed by atoms with Crippen molar-refractivity contribution in [1.82, 2.24) is 14.9 Å². The van der Waals surface area contributed by atoms with E-state index in [-0.39, 0.29) is 12.1 Å². The van der Waals surface area contributed by atoms with Crippen LogP contribution in [0.1, 0.15) is 70.0 Å². The molecule has 1 aromatic carbocycles. The second-order valence-corrected chi connectivity index (χ2v) is 8.16. The Bertz CT molecular complexity index is 948. The van der Waals surface area contributed by atoms with Gasteiger partial charge in [0, 0.05) is 30.0 Å². The quantitative estimate of drug-likeness (QED) is 0.514. The van der Waals surface area contributed by atoms with Crippen molar-refractivity contribution in [3.05, 3.63) is 59.9 Å². The van der Waals surface area contributed by atoms with Crippen LogP contribution in [-0.2, 0) is 0 Å². The highest BCUT2D eigenvalue weighted by atomic mass is 16.2. The van der Waals surface area contributed by atoms with Gasteiger partial charge in [0.2, 0.25) is 0 Å². The number of carbonyl (C=O) groups is 1. The molecule has 0 fully saturated rings. The lowest BCUT2D eigenvalue weighted by molar-refractivity contribution is 0.250. The standard InChI is InChI=1S/C24H32N4O/c1-6-19(28-14-12-18-9-8-13-25-23(18)28)15-26-24(29)27-22-20(16(2)3)10-7-11-21(22)17(4)5/h7-14,16-17,19H,6,15H2,1-5H3,(H2,26,27,29). The summed E-state index contributed by atoms with van der Waals surface area (Å²) < 4.78 is 2.15. The van der Waals surface area contributed by atoms with Gasteiger partial charge < -0.3 is 15.2 Å². The Labute approximate surface area is 173 Å². The predicted octanol–water partition coefficient (Wildman–Crippen LogP) is 6.06. The first-order valence-corrected chi connectivity index (χ1v) is 10.5.